The zero-order valence-electron chi connectivity index (χ0n) is 18.3. The first-order valence-corrected chi connectivity index (χ1v) is 11.4. The molecule has 0 aromatic heterocycles. The number of rotatable bonds is 6. The third kappa shape index (κ3) is 6.97. The molecule has 0 unspecified atom stereocenters. The first kappa shape index (κ1) is 22.5. The lowest BCUT2D eigenvalue weighted by Crippen LogP contribution is -2.54. The van der Waals surface area contributed by atoms with Crippen LogP contribution in [0.25, 0.3) is 0 Å². The Morgan fingerprint density at radius 2 is 1.77 bits per heavy atom. The summed E-state index contributed by atoms with van der Waals surface area (Å²) in [5, 5.41) is 3.43. The van der Waals surface area contributed by atoms with E-state index in [4.69, 9.17) is 0 Å². The molecule has 0 bridgehead atoms. The lowest BCUT2D eigenvalue weighted by molar-refractivity contribution is -0.132. The van der Waals surface area contributed by atoms with Gasteiger partial charge in [0.25, 0.3) is 0 Å². The number of likely N-dealkylation sites (tertiary alicyclic amines) is 1. The molecule has 1 aromatic carbocycles. The second kappa shape index (κ2) is 11.9. The maximum Gasteiger partial charge on any atom is 0.236 e. The summed E-state index contributed by atoms with van der Waals surface area (Å²) in [5.41, 5.74) is 1.02. The fourth-order valence-electron chi connectivity index (χ4n) is 4.25. The average molecular weight is 418 g/mol. The van der Waals surface area contributed by atoms with Crippen molar-refractivity contribution in [3.8, 4) is 0 Å². The molecule has 0 spiro atoms. The van der Waals surface area contributed by atoms with Crippen molar-refractivity contribution in [3.63, 3.8) is 0 Å². The number of hydrogen-bond acceptors (Lipinski definition) is 3. The number of aliphatic imine (C=N–C) groups is 1. The molecule has 2 aliphatic rings. The number of piperazine rings is 1. The molecule has 2 aliphatic heterocycles. The number of benzene rings is 1. The number of hydrogen-bond donors (Lipinski definition) is 1. The Balaban J connectivity index is 1.36. The molecule has 1 amide bonds. The van der Waals surface area contributed by atoms with Gasteiger partial charge >= 0.3 is 0 Å². The van der Waals surface area contributed by atoms with Gasteiger partial charge in [0.1, 0.15) is 5.82 Å². The van der Waals surface area contributed by atoms with E-state index in [9.17, 15) is 9.18 Å². The molecule has 6 nitrogen and oxygen atoms in total. The van der Waals surface area contributed by atoms with Crippen LogP contribution in [0.5, 0.6) is 0 Å². The summed E-state index contributed by atoms with van der Waals surface area (Å²) in [5.74, 6) is 1.02. The highest BCUT2D eigenvalue weighted by molar-refractivity contribution is 5.80. The van der Waals surface area contributed by atoms with Crippen LogP contribution in [0.2, 0.25) is 0 Å². The number of halogens is 1. The van der Waals surface area contributed by atoms with E-state index in [-0.39, 0.29) is 11.7 Å². The monoisotopic (exact) mass is 417 g/mol. The van der Waals surface area contributed by atoms with Gasteiger partial charge < -0.3 is 15.1 Å². The Labute approximate surface area is 180 Å². The van der Waals surface area contributed by atoms with Gasteiger partial charge in [0, 0.05) is 52.9 Å². The van der Waals surface area contributed by atoms with E-state index < -0.39 is 0 Å². The zero-order valence-corrected chi connectivity index (χ0v) is 18.3. The van der Waals surface area contributed by atoms with Gasteiger partial charge in [-0.2, -0.15) is 0 Å². The first-order valence-electron chi connectivity index (χ1n) is 11.4. The van der Waals surface area contributed by atoms with Crippen molar-refractivity contribution < 1.29 is 9.18 Å². The smallest absolute Gasteiger partial charge is 0.236 e. The van der Waals surface area contributed by atoms with E-state index in [1.54, 1.807) is 12.1 Å². The van der Waals surface area contributed by atoms with Gasteiger partial charge in [-0.3, -0.25) is 14.7 Å². The molecule has 30 heavy (non-hydrogen) atoms. The first-order chi connectivity index (χ1) is 14.7. The molecule has 1 N–H and O–H groups in total. The summed E-state index contributed by atoms with van der Waals surface area (Å²) >= 11 is 0. The summed E-state index contributed by atoms with van der Waals surface area (Å²) in [4.78, 5) is 23.6. The van der Waals surface area contributed by atoms with Crippen LogP contribution in [0.4, 0.5) is 4.39 Å². The number of amides is 1. The summed E-state index contributed by atoms with van der Waals surface area (Å²) in [6.07, 6.45) is 6.54. The van der Waals surface area contributed by atoms with Crippen LogP contribution >= 0.6 is 0 Å². The Morgan fingerprint density at radius 3 is 2.43 bits per heavy atom. The number of guanidine groups is 1. The second-order valence-corrected chi connectivity index (χ2v) is 8.27. The predicted molar refractivity (Wildman–Crippen MR) is 119 cm³/mol. The lowest BCUT2D eigenvalue weighted by atomic mass is 10.1. The molecular formula is C23H36FN5O. The topological polar surface area (TPSA) is 51.2 Å². The highest BCUT2D eigenvalue weighted by Crippen LogP contribution is 2.11. The Bertz CT molecular complexity index is 695. The molecule has 166 valence electrons. The third-order valence-electron chi connectivity index (χ3n) is 6.02. The SMILES string of the molecule is CN=C(NCCCc1cccc(F)c1)N1CCN(CC(=O)N2CCCCCC2)CC1. The van der Waals surface area contributed by atoms with Gasteiger partial charge in [-0.25, -0.2) is 4.39 Å². The highest BCUT2D eigenvalue weighted by Gasteiger charge is 2.23. The minimum atomic E-state index is -0.177. The standard InChI is InChI=1S/C23H36FN5O/c1-25-23(26-11-7-9-20-8-6-10-21(24)18-20)29-16-14-27(15-17-29)19-22(30)28-12-4-2-3-5-13-28/h6,8,10,18H,2-5,7,9,11-17,19H2,1H3,(H,25,26). The molecule has 0 saturated carbocycles. The minimum Gasteiger partial charge on any atom is -0.356 e. The van der Waals surface area contributed by atoms with E-state index in [2.05, 4.69) is 25.0 Å². The van der Waals surface area contributed by atoms with Gasteiger partial charge in [-0.15, -0.1) is 0 Å². The third-order valence-corrected chi connectivity index (χ3v) is 6.02. The van der Waals surface area contributed by atoms with Crippen LogP contribution in [-0.4, -0.2) is 86.0 Å². The summed E-state index contributed by atoms with van der Waals surface area (Å²) < 4.78 is 13.3. The largest absolute Gasteiger partial charge is 0.356 e. The van der Waals surface area contributed by atoms with E-state index in [0.717, 1.165) is 83.0 Å². The highest BCUT2D eigenvalue weighted by atomic mass is 19.1. The van der Waals surface area contributed by atoms with Crippen LogP contribution in [-0.2, 0) is 11.2 Å². The second-order valence-electron chi connectivity index (χ2n) is 8.27. The van der Waals surface area contributed by atoms with Crippen molar-refractivity contribution in [1.82, 2.24) is 20.0 Å². The summed E-state index contributed by atoms with van der Waals surface area (Å²) in [6.45, 7) is 6.68. The van der Waals surface area contributed by atoms with E-state index in [0.29, 0.717) is 6.54 Å². The summed E-state index contributed by atoms with van der Waals surface area (Å²) in [7, 11) is 1.81. The number of carbonyl (C=O) groups is 1. The fraction of sp³-hybridized carbons (Fsp3) is 0.652. The van der Waals surface area contributed by atoms with Crippen LogP contribution < -0.4 is 5.32 Å². The minimum absolute atomic E-state index is 0.177. The Morgan fingerprint density at radius 1 is 1.03 bits per heavy atom. The fourth-order valence-corrected chi connectivity index (χ4v) is 4.25. The number of nitrogens with zero attached hydrogens (tertiary/aromatic N) is 4. The number of nitrogens with one attached hydrogen (secondary N) is 1. The van der Waals surface area contributed by atoms with Crippen molar-refractivity contribution in [2.24, 2.45) is 4.99 Å². The van der Waals surface area contributed by atoms with Crippen LogP contribution in [0, 0.1) is 5.82 Å². The Hall–Kier alpha value is -2.15. The van der Waals surface area contributed by atoms with Crippen molar-refractivity contribution >= 4 is 11.9 Å². The van der Waals surface area contributed by atoms with Crippen molar-refractivity contribution in [2.75, 3.05) is 59.4 Å². The van der Waals surface area contributed by atoms with Gasteiger partial charge in [0.15, 0.2) is 5.96 Å². The molecule has 0 radical (unpaired) electrons. The summed E-state index contributed by atoms with van der Waals surface area (Å²) in [6, 6.07) is 6.80. The average Bonchev–Trinajstić information content (AvgIpc) is 3.04. The molecule has 0 aliphatic carbocycles. The predicted octanol–water partition coefficient (Wildman–Crippen LogP) is 2.35. The van der Waals surface area contributed by atoms with E-state index in [1.807, 2.05) is 13.1 Å². The van der Waals surface area contributed by atoms with Crippen molar-refractivity contribution in [1.29, 1.82) is 0 Å². The van der Waals surface area contributed by atoms with Crippen molar-refractivity contribution in [3.05, 3.63) is 35.6 Å². The quantitative estimate of drug-likeness (QED) is 0.439. The Kier molecular flexibility index (Phi) is 8.93. The molecule has 1 aromatic rings. The van der Waals surface area contributed by atoms with E-state index >= 15 is 0 Å². The lowest BCUT2D eigenvalue weighted by Gasteiger charge is -2.37. The number of carbonyl (C=O) groups excluding carboxylic acids is 1. The molecular weight excluding hydrogens is 381 g/mol. The zero-order chi connectivity index (χ0) is 21.2. The molecule has 2 heterocycles. The van der Waals surface area contributed by atoms with Crippen LogP contribution in [0.3, 0.4) is 0 Å². The van der Waals surface area contributed by atoms with Crippen LogP contribution in [0.1, 0.15) is 37.7 Å². The molecule has 3 rings (SSSR count). The van der Waals surface area contributed by atoms with E-state index in [1.165, 1.54) is 18.9 Å². The molecule has 7 heteroatoms. The normalized spacial score (nSPS) is 18.9. The molecule has 2 saturated heterocycles. The molecule has 2 fully saturated rings. The van der Waals surface area contributed by atoms with Gasteiger partial charge in [0.2, 0.25) is 5.91 Å². The van der Waals surface area contributed by atoms with Gasteiger partial charge in [0.05, 0.1) is 6.54 Å². The van der Waals surface area contributed by atoms with Crippen LogP contribution in [0.15, 0.2) is 29.3 Å². The van der Waals surface area contributed by atoms with Gasteiger partial charge in [-0.1, -0.05) is 25.0 Å². The maximum atomic E-state index is 13.3. The van der Waals surface area contributed by atoms with Crippen molar-refractivity contribution in [2.45, 2.75) is 38.5 Å². The number of aryl methyl sites for hydroxylation is 1. The van der Waals surface area contributed by atoms with Gasteiger partial charge in [-0.05, 0) is 43.4 Å². The molecule has 0 atom stereocenters. The maximum absolute atomic E-state index is 13.3.